The lowest BCUT2D eigenvalue weighted by Crippen LogP contribution is -1.97. The fraction of sp³-hybridized carbons (Fsp3) is 0.211. The molecule has 3 rings (SSSR count). The Bertz CT molecular complexity index is 727. The van der Waals surface area contributed by atoms with Gasteiger partial charge in [0.05, 0.1) is 5.52 Å². The van der Waals surface area contributed by atoms with E-state index in [0.717, 1.165) is 22.2 Å². The second kappa shape index (κ2) is 5.96. The highest BCUT2D eigenvalue weighted by Crippen LogP contribution is 2.21. The third kappa shape index (κ3) is 3.05. The van der Waals surface area contributed by atoms with Gasteiger partial charge >= 0.3 is 0 Å². The van der Waals surface area contributed by atoms with Gasteiger partial charge in [0.15, 0.2) is 0 Å². The van der Waals surface area contributed by atoms with E-state index in [-0.39, 0.29) is 0 Å². The highest BCUT2D eigenvalue weighted by atomic mass is 16.5. The van der Waals surface area contributed by atoms with Crippen LogP contribution in [0.5, 0.6) is 5.75 Å². The molecule has 0 amide bonds. The van der Waals surface area contributed by atoms with Crippen molar-refractivity contribution in [2.75, 3.05) is 0 Å². The van der Waals surface area contributed by atoms with Gasteiger partial charge in [0, 0.05) is 17.1 Å². The monoisotopic (exact) mass is 277 g/mol. The molecule has 106 valence electrons. The van der Waals surface area contributed by atoms with Gasteiger partial charge in [-0.3, -0.25) is 4.98 Å². The first-order valence-electron chi connectivity index (χ1n) is 7.29. The van der Waals surface area contributed by atoms with Crippen LogP contribution in [0.15, 0.2) is 60.8 Å². The lowest BCUT2D eigenvalue weighted by molar-refractivity contribution is 0.307. The van der Waals surface area contributed by atoms with Crippen LogP contribution in [0, 0.1) is 0 Å². The number of ether oxygens (including phenoxy) is 1. The van der Waals surface area contributed by atoms with Crippen LogP contribution in [-0.2, 0) is 6.61 Å². The Labute approximate surface area is 125 Å². The molecule has 1 aromatic heterocycles. The molecule has 2 aromatic carbocycles. The molecule has 0 fully saturated rings. The smallest absolute Gasteiger partial charge is 0.119 e. The number of benzene rings is 2. The highest BCUT2D eigenvalue weighted by Gasteiger charge is 2.03. The van der Waals surface area contributed by atoms with E-state index < -0.39 is 0 Å². The van der Waals surface area contributed by atoms with Crippen LogP contribution in [0.2, 0.25) is 0 Å². The van der Waals surface area contributed by atoms with E-state index in [1.807, 2.05) is 42.6 Å². The molecule has 0 radical (unpaired) electrons. The normalized spacial score (nSPS) is 11.0. The van der Waals surface area contributed by atoms with Gasteiger partial charge in [-0.05, 0) is 35.7 Å². The molecule has 0 atom stereocenters. The van der Waals surface area contributed by atoms with Crippen LogP contribution in [0.1, 0.15) is 30.9 Å². The molecule has 3 aromatic rings. The highest BCUT2D eigenvalue weighted by molar-refractivity contribution is 5.81. The van der Waals surface area contributed by atoms with Gasteiger partial charge in [-0.15, -0.1) is 0 Å². The topological polar surface area (TPSA) is 22.1 Å². The Balaban J connectivity index is 1.77. The number of hydrogen-bond donors (Lipinski definition) is 0. The zero-order valence-corrected chi connectivity index (χ0v) is 12.4. The summed E-state index contributed by atoms with van der Waals surface area (Å²) in [7, 11) is 0. The summed E-state index contributed by atoms with van der Waals surface area (Å²) in [6, 6.07) is 18.5. The molecule has 2 nitrogen and oxygen atoms in total. The minimum absolute atomic E-state index is 0.545. The standard InChI is InChI=1S/C19H19NO/c1-14(2)15-7-9-17(10-8-15)21-13-16-11-12-20-19-6-4-3-5-18(16)19/h3-12,14H,13H2,1-2H3. The largest absolute Gasteiger partial charge is 0.489 e. The zero-order valence-electron chi connectivity index (χ0n) is 12.4. The maximum atomic E-state index is 5.91. The molecule has 0 N–H and O–H groups in total. The molecule has 0 aliphatic heterocycles. The van der Waals surface area contributed by atoms with Crippen LogP contribution in [0.3, 0.4) is 0 Å². The van der Waals surface area contributed by atoms with Crippen molar-refractivity contribution in [3.8, 4) is 5.75 Å². The Kier molecular flexibility index (Phi) is 3.87. The number of nitrogens with zero attached hydrogens (tertiary/aromatic N) is 1. The van der Waals surface area contributed by atoms with Crippen LogP contribution in [0.4, 0.5) is 0 Å². The van der Waals surface area contributed by atoms with Gasteiger partial charge in [0.2, 0.25) is 0 Å². The van der Waals surface area contributed by atoms with E-state index in [9.17, 15) is 0 Å². The van der Waals surface area contributed by atoms with Crippen molar-refractivity contribution in [3.05, 3.63) is 71.9 Å². The average molecular weight is 277 g/mol. The van der Waals surface area contributed by atoms with Gasteiger partial charge in [-0.25, -0.2) is 0 Å². The minimum atomic E-state index is 0.545. The molecule has 2 heteroatoms. The summed E-state index contributed by atoms with van der Waals surface area (Å²) in [6.07, 6.45) is 1.84. The molecule has 0 spiro atoms. The van der Waals surface area contributed by atoms with Crippen molar-refractivity contribution in [3.63, 3.8) is 0 Å². The molecular formula is C19H19NO. The lowest BCUT2D eigenvalue weighted by atomic mass is 10.0. The van der Waals surface area contributed by atoms with Crippen molar-refractivity contribution < 1.29 is 4.74 Å². The van der Waals surface area contributed by atoms with Gasteiger partial charge in [-0.2, -0.15) is 0 Å². The molecule has 0 aliphatic rings. The van der Waals surface area contributed by atoms with Gasteiger partial charge in [-0.1, -0.05) is 44.2 Å². The van der Waals surface area contributed by atoms with E-state index in [4.69, 9.17) is 4.74 Å². The Hall–Kier alpha value is -2.35. The SMILES string of the molecule is CC(C)c1ccc(OCc2ccnc3ccccc23)cc1. The van der Waals surface area contributed by atoms with Crippen LogP contribution in [0.25, 0.3) is 10.9 Å². The predicted octanol–water partition coefficient (Wildman–Crippen LogP) is 4.94. The minimum Gasteiger partial charge on any atom is -0.489 e. The number of rotatable bonds is 4. The Morgan fingerprint density at radius 1 is 0.952 bits per heavy atom. The molecule has 0 aliphatic carbocycles. The van der Waals surface area contributed by atoms with Gasteiger partial charge < -0.3 is 4.74 Å². The first-order valence-corrected chi connectivity index (χ1v) is 7.29. The second-order valence-electron chi connectivity index (χ2n) is 5.50. The summed E-state index contributed by atoms with van der Waals surface area (Å²) in [5, 5.41) is 1.15. The number of aromatic nitrogens is 1. The summed E-state index contributed by atoms with van der Waals surface area (Å²) >= 11 is 0. The van der Waals surface area contributed by atoms with E-state index >= 15 is 0 Å². The molecule has 1 heterocycles. The van der Waals surface area contributed by atoms with Gasteiger partial charge in [0.1, 0.15) is 12.4 Å². The third-order valence-corrected chi connectivity index (χ3v) is 3.68. The average Bonchev–Trinajstić information content (AvgIpc) is 2.53. The van der Waals surface area contributed by atoms with Gasteiger partial charge in [0.25, 0.3) is 0 Å². The zero-order chi connectivity index (χ0) is 14.7. The predicted molar refractivity (Wildman–Crippen MR) is 86.6 cm³/mol. The van der Waals surface area contributed by atoms with Crippen molar-refractivity contribution in [2.24, 2.45) is 0 Å². The number of hydrogen-bond acceptors (Lipinski definition) is 2. The summed E-state index contributed by atoms with van der Waals surface area (Å²) < 4.78 is 5.91. The summed E-state index contributed by atoms with van der Waals surface area (Å²) in [4.78, 5) is 4.37. The van der Waals surface area contributed by atoms with Crippen molar-refractivity contribution in [1.82, 2.24) is 4.98 Å². The Morgan fingerprint density at radius 3 is 2.48 bits per heavy atom. The second-order valence-corrected chi connectivity index (χ2v) is 5.50. The number of para-hydroxylation sites is 1. The van der Waals surface area contributed by atoms with E-state index in [1.54, 1.807) is 0 Å². The molecular weight excluding hydrogens is 258 g/mol. The van der Waals surface area contributed by atoms with Crippen molar-refractivity contribution >= 4 is 10.9 Å². The van der Waals surface area contributed by atoms with E-state index in [1.165, 1.54) is 5.56 Å². The first-order chi connectivity index (χ1) is 10.2. The van der Waals surface area contributed by atoms with Crippen LogP contribution >= 0.6 is 0 Å². The molecule has 0 unspecified atom stereocenters. The summed E-state index contributed by atoms with van der Waals surface area (Å²) in [6.45, 7) is 4.95. The summed E-state index contributed by atoms with van der Waals surface area (Å²) in [5.41, 5.74) is 3.50. The van der Waals surface area contributed by atoms with E-state index in [0.29, 0.717) is 12.5 Å². The van der Waals surface area contributed by atoms with E-state index in [2.05, 4.69) is 37.0 Å². The molecule has 0 saturated carbocycles. The number of fused-ring (bicyclic) bond motifs is 1. The van der Waals surface area contributed by atoms with Crippen molar-refractivity contribution in [1.29, 1.82) is 0 Å². The first kappa shape index (κ1) is 13.6. The lowest BCUT2D eigenvalue weighted by Gasteiger charge is -2.10. The quantitative estimate of drug-likeness (QED) is 0.674. The Morgan fingerprint density at radius 2 is 1.71 bits per heavy atom. The number of pyridine rings is 1. The van der Waals surface area contributed by atoms with Crippen molar-refractivity contribution in [2.45, 2.75) is 26.4 Å². The maximum Gasteiger partial charge on any atom is 0.119 e. The van der Waals surface area contributed by atoms with Crippen LogP contribution < -0.4 is 4.74 Å². The molecule has 0 bridgehead atoms. The molecule has 21 heavy (non-hydrogen) atoms. The summed E-state index contributed by atoms with van der Waals surface area (Å²) in [5.74, 6) is 1.45. The third-order valence-electron chi connectivity index (χ3n) is 3.68. The van der Waals surface area contributed by atoms with Crippen LogP contribution in [-0.4, -0.2) is 4.98 Å². The fourth-order valence-corrected chi connectivity index (χ4v) is 2.39. The molecule has 0 saturated heterocycles. The fourth-order valence-electron chi connectivity index (χ4n) is 2.39. The maximum absolute atomic E-state index is 5.91.